The van der Waals surface area contributed by atoms with Crippen LogP contribution in [-0.4, -0.2) is 59.5 Å². The van der Waals surface area contributed by atoms with Gasteiger partial charge < -0.3 is 14.8 Å². The molecule has 0 unspecified atom stereocenters. The molecule has 0 spiro atoms. The number of esters is 1. The van der Waals surface area contributed by atoms with Crippen LogP contribution in [0.5, 0.6) is 0 Å². The molecule has 0 aliphatic carbocycles. The van der Waals surface area contributed by atoms with Gasteiger partial charge in [-0.15, -0.1) is 0 Å². The van der Waals surface area contributed by atoms with Gasteiger partial charge in [0.05, 0.1) is 30.3 Å². The molecule has 0 bridgehead atoms. The predicted molar refractivity (Wildman–Crippen MR) is 124 cm³/mol. The zero-order valence-corrected chi connectivity index (χ0v) is 18.9. The standard InChI is InChI=1S/C25H28N4O4/c1-18-24(19(2)29(27-18)22-6-4-3-5-7-22)25(31)33-17-23(30)26-21-10-8-20(9-11-21)16-28-12-14-32-15-13-28/h3-11H,12-17H2,1-2H3,(H,26,30). The Morgan fingerprint density at radius 2 is 1.73 bits per heavy atom. The molecule has 2 heterocycles. The van der Waals surface area contributed by atoms with E-state index in [1.54, 1.807) is 11.6 Å². The van der Waals surface area contributed by atoms with E-state index in [1.807, 2.05) is 61.5 Å². The first-order valence-corrected chi connectivity index (χ1v) is 11.0. The highest BCUT2D eigenvalue weighted by molar-refractivity contribution is 5.96. The van der Waals surface area contributed by atoms with E-state index in [0.29, 0.717) is 22.6 Å². The Morgan fingerprint density at radius 3 is 2.42 bits per heavy atom. The van der Waals surface area contributed by atoms with Gasteiger partial charge in [-0.25, -0.2) is 9.48 Å². The summed E-state index contributed by atoms with van der Waals surface area (Å²) in [6, 6.07) is 17.2. The largest absolute Gasteiger partial charge is 0.452 e. The molecule has 1 fully saturated rings. The fourth-order valence-corrected chi connectivity index (χ4v) is 3.87. The van der Waals surface area contributed by atoms with E-state index in [0.717, 1.165) is 38.5 Å². The summed E-state index contributed by atoms with van der Waals surface area (Å²) in [4.78, 5) is 27.3. The number of aryl methyl sites for hydroxylation is 1. The molecule has 1 N–H and O–H groups in total. The van der Waals surface area contributed by atoms with Gasteiger partial charge in [0, 0.05) is 25.3 Å². The molecule has 172 valence electrons. The van der Waals surface area contributed by atoms with Crippen LogP contribution in [0.25, 0.3) is 5.69 Å². The van der Waals surface area contributed by atoms with Crippen LogP contribution >= 0.6 is 0 Å². The fraction of sp³-hybridized carbons (Fsp3) is 0.320. The monoisotopic (exact) mass is 448 g/mol. The maximum atomic E-state index is 12.7. The smallest absolute Gasteiger partial charge is 0.342 e. The van der Waals surface area contributed by atoms with Crippen LogP contribution in [0.2, 0.25) is 0 Å². The maximum absolute atomic E-state index is 12.7. The Hall–Kier alpha value is -3.49. The van der Waals surface area contributed by atoms with Crippen LogP contribution in [0.15, 0.2) is 54.6 Å². The highest BCUT2D eigenvalue weighted by atomic mass is 16.5. The highest BCUT2D eigenvalue weighted by Crippen LogP contribution is 2.19. The Labute approximate surface area is 193 Å². The number of aromatic nitrogens is 2. The summed E-state index contributed by atoms with van der Waals surface area (Å²) in [5.74, 6) is -0.960. The first kappa shape index (κ1) is 22.7. The van der Waals surface area contributed by atoms with Gasteiger partial charge in [0.15, 0.2) is 6.61 Å². The molecule has 8 heteroatoms. The number of nitrogens with one attached hydrogen (secondary N) is 1. The molecule has 2 aromatic carbocycles. The average molecular weight is 449 g/mol. The Kier molecular flexibility index (Phi) is 7.16. The highest BCUT2D eigenvalue weighted by Gasteiger charge is 2.21. The number of para-hydroxylation sites is 1. The number of rotatable bonds is 7. The van der Waals surface area contributed by atoms with Crippen molar-refractivity contribution in [2.75, 3.05) is 38.2 Å². The van der Waals surface area contributed by atoms with Gasteiger partial charge in [-0.1, -0.05) is 30.3 Å². The van der Waals surface area contributed by atoms with Gasteiger partial charge >= 0.3 is 5.97 Å². The van der Waals surface area contributed by atoms with Crippen LogP contribution in [0.3, 0.4) is 0 Å². The minimum atomic E-state index is -0.566. The number of amides is 1. The van der Waals surface area contributed by atoms with Crippen molar-refractivity contribution in [1.82, 2.24) is 14.7 Å². The minimum absolute atomic E-state index is 0.371. The lowest BCUT2D eigenvalue weighted by molar-refractivity contribution is -0.119. The van der Waals surface area contributed by atoms with Crippen molar-refractivity contribution in [2.24, 2.45) is 0 Å². The van der Waals surface area contributed by atoms with Crippen LogP contribution in [0.4, 0.5) is 5.69 Å². The molecule has 0 radical (unpaired) electrons. The summed E-state index contributed by atoms with van der Waals surface area (Å²) in [5.41, 5.74) is 4.28. The van der Waals surface area contributed by atoms with Crippen molar-refractivity contribution >= 4 is 17.6 Å². The average Bonchev–Trinajstić information content (AvgIpc) is 3.14. The second-order valence-corrected chi connectivity index (χ2v) is 8.00. The van der Waals surface area contributed by atoms with Crippen molar-refractivity contribution in [2.45, 2.75) is 20.4 Å². The number of carbonyl (C=O) groups is 2. The summed E-state index contributed by atoms with van der Waals surface area (Å²) < 4.78 is 12.3. The zero-order chi connectivity index (χ0) is 23.2. The SMILES string of the molecule is Cc1nn(-c2ccccc2)c(C)c1C(=O)OCC(=O)Nc1ccc(CN2CCOCC2)cc1. The lowest BCUT2D eigenvalue weighted by Crippen LogP contribution is -2.35. The summed E-state index contributed by atoms with van der Waals surface area (Å²) in [6.07, 6.45) is 0. The topological polar surface area (TPSA) is 85.7 Å². The third-order valence-corrected chi connectivity index (χ3v) is 5.58. The number of hydrogen-bond acceptors (Lipinski definition) is 6. The number of benzene rings is 2. The number of morpholine rings is 1. The first-order chi connectivity index (χ1) is 16.0. The molecule has 4 rings (SSSR count). The number of ether oxygens (including phenoxy) is 2. The summed E-state index contributed by atoms with van der Waals surface area (Å²) >= 11 is 0. The number of nitrogens with zero attached hydrogens (tertiary/aromatic N) is 3. The maximum Gasteiger partial charge on any atom is 0.342 e. The molecule has 1 saturated heterocycles. The number of hydrogen-bond donors (Lipinski definition) is 1. The lowest BCUT2D eigenvalue weighted by atomic mass is 10.2. The summed E-state index contributed by atoms with van der Waals surface area (Å²) in [5, 5.41) is 7.22. The number of carbonyl (C=O) groups excluding carboxylic acids is 2. The van der Waals surface area contributed by atoms with Gasteiger partial charge in [-0.05, 0) is 43.7 Å². The Bertz CT molecular complexity index is 1100. The molecule has 8 nitrogen and oxygen atoms in total. The normalized spacial score (nSPS) is 14.1. The second kappa shape index (κ2) is 10.4. The Balaban J connectivity index is 1.31. The molecule has 1 aliphatic rings. The van der Waals surface area contributed by atoms with Gasteiger partial charge in [-0.3, -0.25) is 9.69 Å². The zero-order valence-electron chi connectivity index (χ0n) is 18.9. The van der Waals surface area contributed by atoms with E-state index in [2.05, 4.69) is 15.3 Å². The summed E-state index contributed by atoms with van der Waals surface area (Å²) in [7, 11) is 0. The van der Waals surface area contributed by atoms with Crippen molar-refractivity contribution in [1.29, 1.82) is 0 Å². The molecule has 0 atom stereocenters. The van der Waals surface area contributed by atoms with Gasteiger partial charge in [-0.2, -0.15) is 5.10 Å². The van der Waals surface area contributed by atoms with Crippen molar-refractivity contribution in [3.05, 3.63) is 77.1 Å². The minimum Gasteiger partial charge on any atom is -0.452 e. The second-order valence-electron chi connectivity index (χ2n) is 8.00. The summed E-state index contributed by atoms with van der Waals surface area (Å²) in [6.45, 7) is 7.41. The van der Waals surface area contributed by atoms with Crippen LogP contribution in [-0.2, 0) is 20.8 Å². The molecule has 1 aliphatic heterocycles. The van der Waals surface area contributed by atoms with Gasteiger partial charge in [0.2, 0.25) is 0 Å². The third-order valence-electron chi connectivity index (χ3n) is 5.58. The Morgan fingerprint density at radius 1 is 1.03 bits per heavy atom. The first-order valence-electron chi connectivity index (χ1n) is 11.0. The van der Waals surface area contributed by atoms with Crippen LogP contribution in [0.1, 0.15) is 27.3 Å². The molecule has 1 aromatic heterocycles. The molecule has 3 aromatic rings. The van der Waals surface area contributed by atoms with Gasteiger partial charge in [0.1, 0.15) is 5.56 Å². The molecule has 1 amide bonds. The predicted octanol–water partition coefficient (Wildman–Crippen LogP) is 3.12. The number of anilines is 1. The van der Waals surface area contributed by atoms with E-state index < -0.39 is 11.9 Å². The van der Waals surface area contributed by atoms with E-state index in [4.69, 9.17) is 9.47 Å². The van der Waals surface area contributed by atoms with Crippen LogP contribution in [0, 0.1) is 13.8 Å². The van der Waals surface area contributed by atoms with E-state index in [9.17, 15) is 9.59 Å². The molecular weight excluding hydrogens is 420 g/mol. The van der Waals surface area contributed by atoms with Crippen molar-refractivity contribution in [3.8, 4) is 5.69 Å². The van der Waals surface area contributed by atoms with Crippen molar-refractivity contribution < 1.29 is 19.1 Å². The molecule has 0 saturated carbocycles. The third kappa shape index (κ3) is 5.66. The molecule has 33 heavy (non-hydrogen) atoms. The van der Waals surface area contributed by atoms with Crippen molar-refractivity contribution in [3.63, 3.8) is 0 Å². The molecular formula is C25H28N4O4. The fourth-order valence-electron chi connectivity index (χ4n) is 3.87. The van der Waals surface area contributed by atoms with E-state index >= 15 is 0 Å². The van der Waals surface area contributed by atoms with Crippen LogP contribution < -0.4 is 5.32 Å². The quantitative estimate of drug-likeness (QED) is 0.559. The van der Waals surface area contributed by atoms with E-state index in [1.165, 1.54) is 5.56 Å². The van der Waals surface area contributed by atoms with Gasteiger partial charge in [0.25, 0.3) is 5.91 Å². The lowest BCUT2D eigenvalue weighted by Gasteiger charge is -2.26. The van der Waals surface area contributed by atoms with E-state index in [-0.39, 0.29) is 6.61 Å².